The Bertz CT molecular complexity index is 488. The van der Waals surface area contributed by atoms with E-state index < -0.39 is 0 Å². The first-order chi connectivity index (χ1) is 8.20. The van der Waals surface area contributed by atoms with Crippen molar-refractivity contribution in [3.8, 4) is 16.3 Å². The normalized spacial score (nSPS) is 10.5. The van der Waals surface area contributed by atoms with E-state index in [1.165, 1.54) is 4.88 Å². The largest absolute Gasteiger partial charge is 0.492 e. The van der Waals surface area contributed by atoms with Gasteiger partial charge in [0, 0.05) is 17.0 Å². The summed E-state index contributed by atoms with van der Waals surface area (Å²) in [5, 5.41) is 1.04. The van der Waals surface area contributed by atoms with Crippen molar-refractivity contribution in [3.05, 3.63) is 34.8 Å². The van der Waals surface area contributed by atoms with E-state index in [2.05, 4.69) is 11.9 Å². The lowest BCUT2D eigenvalue weighted by Crippen LogP contribution is -2.10. The predicted octanol–water partition coefficient (Wildman–Crippen LogP) is 2.76. The fourth-order valence-corrected chi connectivity index (χ4v) is 2.40. The van der Waals surface area contributed by atoms with Gasteiger partial charge in [0.25, 0.3) is 0 Å². The molecule has 1 aromatic heterocycles. The lowest BCUT2D eigenvalue weighted by Gasteiger charge is -2.05. The van der Waals surface area contributed by atoms with E-state index in [-0.39, 0.29) is 0 Å². The third-order valence-electron chi connectivity index (χ3n) is 2.50. The number of ether oxygens (including phenoxy) is 1. The Labute approximate surface area is 105 Å². The average Bonchev–Trinajstić information content (AvgIpc) is 2.68. The number of hydrogen-bond acceptors (Lipinski definition) is 4. The molecule has 0 fully saturated rings. The van der Waals surface area contributed by atoms with Crippen LogP contribution in [-0.2, 0) is 0 Å². The van der Waals surface area contributed by atoms with Gasteiger partial charge in [0.05, 0.1) is 5.69 Å². The highest BCUT2D eigenvalue weighted by molar-refractivity contribution is 7.15. The van der Waals surface area contributed by atoms with Gasteiger partial charge in [0.15, 0.2) is 0 Å². The zero-order chi connectivity index (χ0) is 12.3. The second-order valence-electron chi connectivity index (χ2n) is 3.83. The van der Waals surface area contributed by atoms with E-state index in [4.69, 9.17) is 10.5 Å². The summed E-state index contributed by atoms with van der Waals surface area (Å²) in [5.41, 5.74) is 7.61. The van der Waals surface area contributed by atoms with Crippen LogP contribution < -0.4 is 10.5 Å². The number of benzene rings is 1. The maximum Gasteiger partial charge on any atom is 0.123 e. The number of rotatable bonds is 4. The molecule has 0 bridgehead atoms. The molecule has 4 heteroatoms. The number of hydrogen-bond donors (Lipinski definition) is 1. The summed E-state index contributed by atoms with van der Waals surface area (Å²) in [6.45, 7) is 5.19. The topological polar surface area (TPSA) is 48.1 Å². The van der Waals surface area contributed by atoms with E-state index in [1.807, 2.05) is 31.2 Å². The van der Waals surface area contributed by atoms with Crippen molar-refractivity contribution in [1.82, 2.24) is 4.98 Å². The van der Waals surface area contributed by atoms with Crippen LogP contribution in [0.4, 0.5) is 0 Å². The smallest absolute Gasteiger partial charge is 0.123 e. The second-order valence-corrected chi connectivity index (χ2v) is 5.03. The van der Waals surface area contributed by atoms with Crippen LogP contribution >= 0.6 is 11.3 Å². The summed E-state index contributed by atoms with van der Waals surface area (Å²) in [5.74, 6) is 0.846. The number of nitrogens with zero attached hydrogens (tertiary/aromatic N) is 1. The summed E-state index contributed by atoms with van der Waals surface area (Å²) >= 11 is 1.71. The molecule has 0 spiro atoms. The van der Waals surface area contributed by atoms with Crippen molar-refractivity contribution in [2.24, 2.45) is 5.73 Å². The second kappa shape index (κ2) is 5.29. The van der Waals surface area contributed by atoms with Crippen molar-refractivity contribution in [3.63, 3.8) is 0 Å². The Balaban J connectivity index is 2.26. The van der Waals surface area contributed by atoms with Gasteiger partial charge in [-0.15, -0.1) is 11.3 Å². The van der Waals surface area contributed by atoms with Crippen molar-refractivity contribution in [1.29, 1.82) is 0 Å². The first-order valence-electron chi connectivity index (χ1n) is 5.58. The molecule has 0 radical (unpaired) electrons. The van der Waals surface area contributed by atoms with Crippen LogP contribution in [0.2, 0.25) is 0 Å². The average molecular weight is 248 g/mol. The fraction of sp³-hybridized carbons (Fsp3) is 0.308. The minimum atomic E-state index is 0.527. The van der Waals surface area contributed by atoms with Crippen LogP contribution in [0.3, 0.4) is 0 Å². The molecule has 0 amide bonds. The fourth-order valence-electron chi connectivity index (χ4n) is 1.49. The Kier molecular flexibility index (Phi) is 3.76. The number of aromatic nitrogens is 1. The van der Waals surface area contributed by atoms with Gasteiger partial charge in [0.2, 0.25) is 0 Å². The zero-order valence-electron chi connectivity index (χ0n) is 10.1. The Morgan fingerprint density at radius 3 is 2.82 bits per heavy atom. The van der Waals surface area contributed by atoms with Gasteiger partial charge in [-0.3, -0.25) is 0 Å². The lowest BCUT2D eigenvalue weighted by atomic mass is 10.2. The number of aryl methyl sites for hydroxylation is 2. The minimum absolute atomic E-state index is 0.527. The molecule has 0 unspecified atom stereocenters. The maximum atomic E-state index is 5.51. The van der Waals surface area contributed by atoms with Crippen molar-refractivity contribution >= 4 is 11.3 Å². The maximum absolute atomic E-state index is 5.51. The van der Waals surface area contributed by atoms with Crippen molar-refractivity contribution in [2.45, 2.75) is 13.8 Å². The van der Waals surface area contributed by atoms with Crippen molar-refractivity contribution in [2.75, 3.05) is 13.2 Å². The number of nitrogens with two attached hydrogens (primary N) is 1. The van der Waals surface area contributed by atoms with Gasteiger partial charge in [-0.25, -0.2) is 4.98 Å². The lowest BCUT2D eigenvalue weighted by molar-refractivity contribution is 0.328. The quantitative estimate of drug-likeness (QED) is 0.905. The van der Waals surface area contributed by atoms with Gasteiger partial charge >= 0.3 is 0 Å². The molecular formula is C13H16N2OS. The first-order valence-corrected chi connectivity index (χ1v) is 6.39. The van der Waals surface area contributed by atoms with Crippen LogP contribution in [0.1, 0.15) is 10.6 Å². The molecule has 0 aliphatic carbocycles. The monoisotopic (exact) mass is 248 g/mol. The van der Waals surface area contributed by atoms with Crippen LogP contribution in [0.15, 0.2) is 24.3 Å². The van der Waals surface area contributed by atoms with Crippen LogP contribution in [0, 0.1) is 13.8 Å². The van der Waals surface area contributed by atoms with Gasteiger partial charge in [0.1, 0.15) is 17.4 Å². The first kappa shape index (κ1) is 12.1. The molecule has 0 atom stereocenters. The van der Waals surface area contributed by atoms with Crippen molar-refractivity contribution < 1.29 is 4.74 Å². The molecule has 2 N–H and O–H groups in total. The minimum Gasteiger partial charge on any atom is -0.492 e. The summed E-state index contributed by atoms with van der Waals surface area (Å²) in [4.78, 5) is 5.80. The molecule has 1 heterocycles. The van der Waals surface area contributed by atoms with Gasteiger partial charge < -0.3 is 10.5 Å². The Hall–Kier alpha value is -1.39. The van der Waals surface area contributed by atoms with Crippen LogP contribution in [0.25, 0.3) is 10.6 Å². The summed E-state index contributed by atoms with van der Waals surface area (Å²) in [6.07, 6.45) is 0. The predicted molar refractivity (Wildman–Crippen MR) is 71.6 cm³/mol. The molecule has 0 aliphatic heterocycles. The summed E-state index contributed by atoms with van der Waals surface area (Å²) in [6, 6.07) is 7.97. The van der Waals surface area contributed by atoms with E-state index in [0.29, 0.717) is 13.2 Å². The molecular weight excluding hydrogens is 232 g/mol. The molecule has 0 saturated heterocycles. The van der Waals surface area contributed by atoms with E-state index in [9.17, 15) is 0 Å². The summed E-state index contributed by atoms with van der Waals surface area (Å²) in [7, 11) is 0. The SMILES string of the molecule is Cc1nc(-c2cccc(OCCN)c2)sc1C. The van der Waals surface area contributed by atoms with Crippen LogP contribution in [0.5, 0.6) is 5.75 Å². The molecule has 2 rings (SSSR count). The van der Waals surface area contributed by atoms with Gasteiger partial charge in [-0.1, -0.05) is 12.1 Å². The van der Waals surface area contributed by atoms with E-state index in [1.54, 1.807) is 11.3 Å². The molecule has 0 saturated carbocycles. The van der Waals surface area contributed by atoms with Crippen LogP contribution in [-0.4, -0.2) is 18.1 Å². The standard InChI is InChI=1S/C13H16N2OS/c1-9-10(2)17-13(15-9)11-4-3-5-12(8-11)16-7-6-14/h3-5,8H,6-7,14H2,1-2H3. The van der Waals surface area contributed by atoms with Gasteiger partial charge in [-0.2, -0.15) is 0 Å². The van der Waals surface area contributed by atoms with E-state index >= 15 is 0 Å². The Morgan fingerprint density at radius 2 is 2.18 bits per heavy atom. The molecule has 17 heavy (non-hydrogen) atoms. The van der Waals surface area contributed by atoms with Gasteiger partial charge in [-0.05, 0) is 26.0 Å². The molecule has 3 nitrogen and oxygen atoms in total. The Morgan fingerprint density at radius 1 is 1.35 bits per heavy atom. The molecule has 0 aliphatic rings. The third-order valence-corrected chi connectivity index (χ3v) is 3.62. The zero-order valence-corrected chi connectivity index (χ0v) is 10.9. The summed E-state index contributed by atoms with van der Waals surface area (Å²) < 4.78 is 5.51. The highest BCUT2D eigenvalue weighted by Gasteiger charge is 2.06. The molecule has 1 aromatic carbocycles. The molecule has 2 aromatic rings. The molecule has 90 valence electrons. The third kappa shape index (κ3) is 2.84. The number of thiazole rings is 1. The highest BCUT2D eigenvalue weighted by Crippen LogP contribution is 2.29. The highest BCUT2D eigenvalue weighted by atomic mass is 32.1. The van der Waals surface area contributed by atoms with E-state index in [0.717, 1.165) is 22.0 Å².